The highest BCUT2D eigenvalue weighted by atomic mass is 16.6. The molecule has 4 heteroatoms. The summed E-state index contributed by atoms with van der Waals surface area (Å²) in [5, 5.41) is 0. The Kier molecular flexibility index (Phi) is 2.01. The first-order valence-electron chi connectivity index (χ1n) is 4.97. The summed E-state index contributed by atoms with van der Waals surface area (Å²) in [7, 11) is 0. The Morgan fingerprint density at radius 2 is 1.08 bits per heavy atom. The Balaban J connectivity index is 1.45. The van der Waals surface area contributed by atoms with Crippen LogP contribution in [-0.2, 0) is 14.2 Å². The lowest BCUT2D eigenvalue weighted by Gasteiger charge is -2.07. The van der Waals surface area contributed by atoms with Crippen LogP contribution in [0.25, 0.3) is 0 Å². The van der Waals surface area contributed by atoms with Crippen molar-refractivity contribution < 1.29 is 14.2 Å². The van der Waals surface area contributed by atoms with Gasteiger partial charge >= 0.3 is 0 Å². The largest absolute Gasteiger partial charge is 0.367 e. The molecule has 0 aromatic carbocycles. The van der Waals surface area contributed by atoms with Gasteiger partial charge in [-0.15, -0.1) is 0 Å². The van der Waals surface area contributed by atoms with Crippen molar-refractivity contribution in [1.82, 2.24) is 4.90 Å². The molecule has 0 aromatic heterocycles. The van der Waals surface area contributed by atoms with Gasteiger partial charge in [0.15, 0.2) is 19.6 Å². The van der Waals surface area contributed by atoms with E-state index in [9.17, 15) is 0 Å². The Morgan fingerprint density at radius 3 is 1.31 bits per heavy atom. The van der Waals surface area contributed by atoms with E-state index in [0.29, 0.717) is 18.3 Å². The molecule has 3 saturated heterocycles. The highest BCUT2D eigenvalue weighted by molar-refractivity contribution is 4.87. The fourth-order valence-electron chi connectivity index (χ4n) is 1.61. The molecule has 4 nitrogen and oxygen atoms in total. The first kappa shape index (κ1) is 8.17. The molecule has 0 aromatic rings. The summed E-state index contributed by atoms with van der Waals surface area (Å²) in [6.07, 6.45) is 1.45. The molecule has 0 bridgehead atoms. The van der Waals surface area contributed by atoms with E-state index < -0.39 is 0 Å². The molecule has 3 heterocycles. The summed E-state index contributed by atoms with van der Waals surface area (Å²) in [6, 6.07) is 0. The molecular weight excluding hydrogens is 170 g/mol. The van der Waals surface area contributed by atoms with Gasteiger partial charge in [-0.2, -0.15) is 4.90 Å². The van der Waals surface area contributed by atoms with Gasteiger partial charge in [-0.3, -0.25) is 0 Å². The van der Waals surface area contributed by atoms with Crippen LogP contribution in [0.1, 0.15) is 0 Å². The quantitative estimate of drug-likeness (QED) is 0.407. The minimum atomic E-state index is 0.484. The van der Waals surface area contributed by atoms with Crippen molar-refractivity contribution >= 4 is 0 Å². The molecule has 3 unspecified atom stereocenters. The molecule has 3 aliphatic rings. The SMILES string of the molecule is C1OC1C[N+](CC1CO1)CC1CO1. The van der Waals surface area contributed by atoms with Crippen molar-refractivity contribution in [2.45, 2.75) is 18.3 Å². The summed E-state index contributed by atoms with van der Waals surface area (Å²) in [4.78, 5) is 2.41. The van der Waals surface area contributed by atoms with Gasteiger partial charge in [-0.05, 0) is 0 Å². The average Bonchev–Trinajstić information content (AvgIpc) is 2.94. The van der Waals surface area contributed by atoms with E-state index in [-0.39, 0.29) is 0 Å². The number of ether oxygens (including phenoxy) is 3. The number of rotatable bonds is 6. The molecule has 3 atom stereocenters. The molecule has 3 fully saturated rings. The lowest BCUT2D eigenvalue weighted by Crippen LogP contribution is -2.40. The standard InChI is InChI=1S/C9H15NO3/c1(7-4-11-7)10(2-8-5-12-8)3-9-6-13-9/h7-9H,1-6H2/q+1. The smallest absolute Gasteiger partial charge is 0.151 e. The van der Waals surface area contributed by atoms with Gasteiger partial charge in [-0.1, -0.05) is 0 Å². The topological polar surface area (TPSA) is 43.5 Å². The predicted octanol–water partition coefficient (Wildman–Crippen LogP) is -0.677. The van der Waals surface area contributed by atoms with Crippen LogP contribution in [0.15, 0.2) is 0 Å². The van der Waals surface area contributed by atoms with E-state index in [1.807, 2.05) is 0 Å². The Bertz CT molecular complexity index is 154. The zero-order chi connectivity index (χ0) is 8.67. The van der Waals surface area contributed by atoms with Gasteiger partial charge in [-0.25, -0.2) is 0 Å². The first-order chi connectivity index (χ1) is 6.40. The van der Waals surface area contributed by atoms with Gasteiger partial charge in [0.2, 0.25) is 0 Å². The van der Waals surface area contributed by atoms with Gasteiger partial charge in [0.05, 0.1) is 19.8 Å². The maximum atomic E-state index is 5.22. The minimum Gasteiger partial charge on any atom is -0.367 e. The van der Waals surface area contributed by atoms with Crippen molar-refractivity contribution in [3.63, 3.8) is 0 Å². The second-order valence-electron chi connectivity index (χ2n) is 4.08. The molecule has 0 saturated carbocycles. The van der Waals surface area contributed by atoms with Crippen LogP contribution >= 0.6 is 0 Å². The maximum absolute atomic E-state index is 5.22. The molecular formula is C9H15NO3+. The summed E-state index contributed by atoms with van der Waals surface area (Å²) in [5.41, 5.74) is 0. The second-order valence-corrected chi connectivity index (χ2v) is 4.08. The fraction of sp³-hybridized carbons (Fsp3) is 1.00. The van der Waals surface area contributed by atoms with E-state index in [4.69, 9.17) is 14.2 Å². The van der Waals surface area contributed by atoms with Crippen molar-refractivity contribution in [2.75, 3.05) is 39.5 Å². The van der Waals surface area contributed by atoms with Gasteiger partial charge in [0.25, 0.3) is 0 Å². The van der Waals surface area contributed by atoms with E-state index in [0.717, 1.165) is 39.5 Å². The minimum absolute atomic E-state index is 0.484. The van der Waals surface area contributed by atoms with Crippen LogP contribution < -0.4 is 4.90 Å². The zero-order valence-corrected chi connectivity index (χ0v) is 7.65. The third-order valence-corrected chi connectivity index (χ3v) is 2.59. The highest BCUT2D eigenvalue weighted by Crippen LogP contribution is 2.17. The van der Waals surface area contributed by atoms with E-state index in [1.54, 1.807) is 0 Å². The van der Waals surface area contributed by atoms with Crippen LogP contribution in [0.5, 0.6) is 0 Å². The molecule has 73 valence electrons. The summed E-state index contributed by atoms with van der Waals surface area (Å²) in [6.45, 7) is 5.98. The molecule has 3 aliphatic heterocycles. The summed E-state index contributed by atoms with van der Waals surface area (Å²) < 4.78 is 15.7. The third kappa shape index (κ3) is 2.64. The highest BCUT2D eigenvalue weighted by Gasteiger charge is 2.40. The van der Waals surface area contributed by atoms with Crippen molar-refractivity contribution in [3.05, 3.63) is 0 Å². The molecule has 0 spiro atoms. The Labute approximate surface area is 77.7 Å². The zero-order valence-electron chi connectivity index (χ0n) is 7.65. The van der Waals surface area contributed by atoms with E-state index >= 15 is 0 Å². The number of nitrogens with zero attached hydrogens (tertiary/aromatic N) is 1. The number of hydrogen-bond donors (Lipinski definition) is 0. The van der Waals surface area contributed by atoms with E-state index in [2.05, 4.69) is 4.90 Å². The lowest BCUT2D eigenvalue weighted by molar-refractivity contribution is 0.280. The van der Waals surface area contributed by atoms with Gasteiger partial charge in [0, 0.05) is 0 Å². The van der Waals surface area contributed by atoms with E-state index in [1.165, 1.54) is 0 Å². The van der Waals surface area contributed by atoms with Gasteiger partial charge < -0.3 is 14.2 Å². The molecule has 0 aliphatic carbocycles. The molecule has 0 N–H and O–H groups in total. The molecule has 13 heavy (non-hydrogen) atoms. The summed E-state index contributed by atoms with van der Waals surface area (Å²) >= 11 is 0. The van der Waals surface area contributed by atoms with Crippen LogP contribution in [-0.4, -0.2) is 57.8 Å². The predicted molar refractivity (Wildman–Crippen MR) is 46.0 cm³/mol. The van der Waals surface area contributed by atoms with Crippen LogP contribution in [0.2, 0.25) is 0 Å². The molecule has 1 radical (unpaired) electrons. The Morgan fingerprint density at radius 1 is 0.769 bits per heavy atom. The molecule has 0 amide bonds. The van der Waals surface area contributed by atoms with Crippen molar-refractivity contribution in [3.8, 4) is 0 Å². The average molecular weight is 185 g/mol. The maximum Gasteiger partial charge on any atom is 0.151 e. The van der Waals surface area contributed by atoms with Gasteiger partial charge in [0.1, 0.15) is 18.3 Å². The van der Waals surface area contributed by atoms with Crippen LogP contribution in [0, 0.1) is 0 Å². The Hall–Kier alpha value is -0.160. The normalized spacial score (nSPS) is 40.8. The summed E-state index contributed by atoms with van der Waals surface area (Å²) in [5.74, 6) is 0. The lowest BCUT2D eigenvalue weighted by atomic mass is 10.3. The monoisotopic (exact) mass is 185 g/mol. The van der Waals surface area contributed by atoms with Crippen LogP contribution in [0.4, 0.5) is 0 Å². The third-order valence-electron chi connectivity index (χ3n) is 2.59. The first-order valence-corrected chi connectivity index (χ1v) is 4.97. The fourth-order valence-corrected chi connectivity index (χ4v) is 1.61. The van der Waals surface area contributed by atoms with Crippen LogP contribution in [0.3, 0.4) is 0 Å². The number of epoxide rings is 3. The number of hydrogen-bond acceptors (Lipinski definition) is 4. The molecule has 3 rings (SSSR count). The second kappa shape index (κ2) is 3.20. The van der Waals surface area contributed by atoms with Crippen molar-refractivity contribution in [2.24, 2.45) is 0 Å². The van der Waals surface area contributed by atoms with Crippen molar-refractivity contribution in [1.29, 1.82) is 0 Å².